The van der Waals surface area contributed by atoms with Gasteiger partial charge in [-0.1, -0.05) is 49.6 Å². The summed E-state index contributed by atoms with van der Waals surface area (Å²) in [5.74, 6) is 0.150. The molecule has 0 aliphatic heterocycles. The maximum Gasteiger partial charge on any atom is 0.220 e. The topological polar surface area (TPSA) is 59.3 Å². The average molecular weight is 391 g/mol. The maximum absolute atomic E-state index is 12.5. The molecule has 152 valence electrons. The Balaban J connectivity index is 1.57. The lowest BCUT2D eigenvalue weighted by atomic mass is 9.95. The highest BCUT2D eigenvalue weighted by Crippen LogP contribution is 2.29. The van der Waals surface area contributed by atoms with E-state index in [9.17, 15) is 4.79 Å². The number of carbonyl (C=O) groups excluding carboxylic acids is 1. The van der Waals surface area contributed by atoms with Crippen LogP contribution in [0.2, 0.25) is 0 Å². The summed E-state index contributed by atoms with van der Waals surface area (Å²) in [6, 6.07) is 10.7. The molecule has 1 fully saturated rings. The van der Waals surface area contributed by atoms with Crippen LogP contribution in [0.15, 0.2) is 30.3 Å². The van der Waals surface area contributed by atoms with Crippen LogP contribution >= 0.6 is 0 Å². The van der Waals surface area contributed by atoms with Crippen LogP contribution in [-0.2, 0) is 11.2 Å². The van der Waals surface area contributed by atoms with Crippen molar-refractivity contribution >= 4 is 11.6 Å². The van der Waals surface area contributed by atoms with E-state index in [1.807, 2.05) is 36.6 Å². The number of rotatable bonds is 5. The second-order valence-corrected chi connectivity index (χ2v) is 8.23. The van der Waals surface area contributed by atoms with E-state index in [-0.39, 0.29) is 5.91 Å². The van der Waals surface area contributed by atoms with Crippen molar-refractivity contribution in [2.45, 2.75) is 71.8 Å². The van der Waals surface area contributed by atoms with Crippen LogP contribution in [0.25, 0.3) is 16.8 Å². The molecular weight excluding hydrogens is 360 g/mol. The van der Waals surface area contributed by atoms with E-state index in [1.165, 1.54) is 19.3 Å². The first-order valence-corrected chi connectivity index (χ1v) is 10.7. The summed E-state index contributed by atoms with van der Waals surface area (Å²) in [5.41, 5.74) is 7.25. The van der Waals surface area contributed by atoms with Crippen molar-refractivity contribution in [3.63, 3.8) is 0 Å². The molecule has 0 atom stereocenters. The number of aromatic nitrogens is 3. The Hall–Kier alpha value is -2.69. The first-order valence-electron chi connectivity index (χ1n) is 10.7. The Labute approximate surface area is 172 Å². The van der Waals surface area contributed by atoms with Crippen LogP contribution in [0.5, 0.6) is 0 Å². The smallest absolute Gasteiger partial charge is 0.220 e. The van der Waals surface area contributed by atoms with Crippen LogP contribution in [0.3, 0.4) is 0 Å². The Morgan fingerprint density at radius 3 is 2.52 bits per heavy atom. The second-order valence-electron chi connectivity index (χ2n) is 8.23. The van der Waals surface area contributed by atoms with Crippen LogP contribution < -0.4 is 5.32 Å². The lowest BCUT2D eigenvalue weighted by Gasteiger charge is -2.22. The Morgan fingerprint density at radius 2 is 1.79 bits per heavy atom. The van der Waals surface area contributed by atoms with E-state index in [0.717, 1.165) is 52.3 Å². The van der Waals surface area contributed by atoms with E-state index in [4.69, 9.17) is 10.1 Å². The minimum atomic E-state index is 0.150. The second kappa shape index (κ2) is 8.36. The fraction of sp³-hybridized carbons (Fsp3) is 0.458. The van der Waals surface area contributed by atoms with E-state index in [2.05, 4.69) is 24.4 Å². The van der Waals surface area contributed by atoms with Gasteiger partial charge in [-0.05, 0) is 51.2 Å². The zero-order valence-corrected chi connectivity index (χ0v) is 17.7. The molecule has 1 saturated carbocycles. The minimum absolute atomic E-state index is 0.150. The summed E-state index contributed by atoms with van der Waals surface area (Å²) in [7, 11) is 0. The van der Waals surface area contributed by atoms with Crippen molar-refractivity contribution in [2.24, 2.45) is 0 Å². The van der Waals surface area contributed by atoms with Gasteiger partial charge in [-0.25, -0.2) is 9.50 Å². The summed E-state index contributed by atoms with van der Waals surface area (Å²) in [5, 5.41) is 7.98. The van der Waals surface area contributed by atoms with Gasteiger partial charge >= 0.3 is 0 Å². The van der Waals surface area contributed by atoms with Crippen LogP contribution in [0.1, 0.15) is 61.2 Å². The predicted octanol–water partition coefficient (Wildman–Crippen LogP) is 4.70. The van der Waals surface area contributed by atoms with Crippen molar-refractivity contribution in [3.8, 4) is 11.1 Å². The number of benzene rings is 1. The molecule has 1 N–H and O–H groups in total. The van der Waals surface area contributed by atoms with E-state index < -0.39 is 0 Å². The van der Waals surface area contributed by atoms with Crippen LogP contribution in [0.4, 0.5) is 0 Å². The molecule has 0 bridgehead atoms. The van der Waals surface area contributed by atoms with Crippen molar-refractivity contribution in [2.75, 3.05) is 0 Å². The van der Waals surface area contributed by atoms with Crippen LogP contribution in [0, 0.1) is 20.8 Å². The van der Waals surface area contributed by atoms with Gasteiger partial charge in [-0.3, -0.25) is 4.79 Å². The largest absolute Gasteiger partial charge is 0.353 e. The van der Waals surface area contributed by atoms with Gasteiger partial charge in [0, 0.05) is 29.4 Å². The number of nitrogens with zero attached hydrogens (tertiary/aromatic N) is 3. The van der Waals surface area contributed by atoms with Crippen molar-refractivity contribution < 1.29 is 4.79 Å². The Morgan fingerprint density at radius 1 is 1.07 bits per heavy atom. The molecule has 29 heavy (non-hydrogen) atoms. The molecule has 2 heterocycles. The predicted molar refractivity (Wildman–Crippen MR) is 116 cm³/mol. The fourth-order valence-electron chi connectivity index (χ4n) is 4.56. The number of amides is 1. The number of nitrogens with one attached hydrogen (secondary N) is 1. The first kappa shape index (κ1) is 19.6. The number of hydrogen-bond acceptors (Lipinski definition) is 3. The maximum atomic E-state index is 12.5. The summed E-state index contributed by atoms with van der Waals surface area (Å²) in [4.78, 5) is 17.4. The monoisotopic (exact) mass is 390 g/mol. The molecule has 1 aliphatic rings. The fourth-order valence-corrected chi connectivity index (χ4v) is 4.56. The minimum Gasteiger partial charge on any atom is -0.353 e. The van der Waals surface area contributed by atoms with Crippen molar-refractivity contribution in [3.05, 3.63) is 53.0 Å². The molecule has 0 saturated heterocycles. The Bertz CT molecular complexity index is 1020. The lowest BCUT2D eigenvalue weighted by molar-refractivity contribution is -0.121. The highest BCUT2D eigenvalue weighted by molar-refractivity contribution is 5.80. The summed E-state index contributed by atoms with van der Waals surface area (Å²) in [6.07, 6.45) is 7.18. The number of carbonyl (C=O) groups is 1. The highest BCUT2D eigenvalue weighted by Gasteiger charge is 2.19. The van der Waals surface area contributed by atoms with Gasteiger partial charge in [-0.2, -0.15) is 5.10 Å². The molecule has 5 nitrogen and oxygen atoms in total. The van der Waals surface area contributed by atoms with E-state index >= 15 is 0 Å². The third-order valence-corrected chi connectivity index (χ3v) is 6.14. The molecule has 1 aliphatic carbocycles. The number of aryl methyl sites for hydroxylation is 3. The molecule has 0 radical (unpaired) electrons. The van der Waals surface area contributed by atoms with Crippen molar-refractivity contribution in [1.82, 2.24) is 19.9 Å². The molecule has 1 amide bonds. The molecular formula is C24H30N4O. The third-order valence-electron chi connectivity index (χ3n) is 6.14. The van der Waals surface area contributed by atoms with Gasteiger partial charge in [0.15, 0.2) is 5.65 Å². The molecule has 0 spiro atoms. The number of hydrogen-bond donors (Lipinski definition) is 1. The lowest BCUT2D eigenvalue weighted by Crippen LogP contribution is -2.36. The van der Waals surface area contributed by atoms with Crippen LogP contribution in [-0.4, -0.2) is 26.5 Å². The van der Waals surface area contributed by atoms with E-state index in [1.54, 1.807) is 0 Å². The highest BCUT2D eigenvalue weighted by atomic mass is 16.1. The zero-order valence-electron chi connectivity index (χ0n) is 17.7. The van der Waals surface area contributed by atoms with Gasteiger partial charge in [0.1, 0.15) is 0 Å². The Kier molecular flexibility index (Phi) is 5.65. The third kappa shape index (κ3) is 4.04. The zero-order chi connectivity index (χ0) is 20.4. The molecule has 2 aromatic heterocycles. The molecule has 1 aromatic carbocycles. The van der Waals surface area contributed by atoms with Gasteiger partial charge in [-0.15, -0.1) is 0 Å². The van der Waals surface area contributed by atoms with Crippen molar-refractivity contribution in [1.29, 1.82) is 0 Å². The van der Waals surface area contributed by atoms with E-state index in [0.29, 0.717) is 18.9 Å². The van der Waals surface area contributed by atoms with Gasteiger partial charge in [0.05, 0.1) is 5.69 Å². The van der Waals surface area contributed by atoms with Gasteiger partial charge in [0.25, 0.3) is 0 Å². The van der Waals surface area contributed by atoms with Gasteiger partial charge in [0.2, 0.25) is 5.91 Å². The molecule has 3 aromatic rings. The molecule has 4 rings (SSSR count). The quantitative estimate of drug-likeness (QED) is 0.687. The first-order chi connectivity index (χ1) is 14.0. The summed E-state index contributed by atoms with van der Waals surface area (Å²) in [6.45, 7) is 6.15. The summed E-state index contributed by atoms with van der Waals surface area (Å²) < 4.78 is 1.94. The van der Waals surface area contributed by atoms with Gasteiger partial charge < -0.3 is 5.32 Å². The number of fused-ring (bicyclic) bond motifs is 1. The SMILES string of the molecule is Cc1nc2c(-c3ccccc3)c(C)nn2c(C)c1CCC(=O)NC1CCCCC1. The summed E-state index contributed by atoms with van der Waals surface area (Å²) >= 11 is 0. The average Bonchev–Trinajstić information content (AvgIpc) is 3.05. The normalized spacial score (nSPS) is 15.0. The molecule has 5 heteroatoms. The molecule has 0 unspecified atom stereocenters. The standard InChI is InChI=1S/C24H30N4O/c1-16-21(14-15-22(29)26-20-12-8-5-9-13-20)18(3)28-24(25-16)23(17(2)27-28)19-10-6-4-7-11-19/h4,6-7,10-11,20H,5,8-9,12-15H2,1-3H3,(H,26,29).